The molecule has 0 radical (unpaired) electrons. The third kappa shape index (κ3) is 4.28. The average molecular weight is 280 g/mol. The molecular weight excluding hydrogens is 260 g/mol. The van der Waals surface area contributed by atoms with Gasteiger partial charge in [-0.1, -0.05) is 44.2 Å². The molecular formula is C18H20N2O. The molecule has 0 aliphatic carbocycles. The molecule has 0 bridgehead atoms. The molecule has 1 unspecified atom stereocenters. The lowest BCUT2D eigenvalue weighted by Crippen LogP contribution is -2.18. The van der Waals surface area contributed by atoms with Crippen LogP contribution >= 0.6 is 0 Å². The van der Waals surface area contributed by atoms with Crippen molar-refractivity contribution in [3.05, 3.63) is 61.0 Å². The maximum atomic E-state index is 12.1. The van der Waals surface area contributed by atoms with E-state index in [2.05, 4.69) is 23.3 Å². The summed E-state index contributed by atoms with van der Waals surface area (Å²) >= 11 is 0. The van der Waals surface area contributed by atoms with Crippen LogP contribution in [0.5, 0.6) is 0 Å². The second-order valence-corrected chi connectivity index (χ2v) is 4.94. The van der Waals surface area contributed by atoms with Crippen molar-refractivity contribution in [3.63, 3.8) is 0 Å². The van der Waals surface area contributed by atoms with Crippen LogP contribution in [-0.4, -0.2) is 10.9 Å². The molecule has 1 aromatic carbocycles. The van der Waals surface area contributed by atoms with E-state index < -0.39 is 0 Å². The van der Waals surface area contributed by atoms with Gasteiger partial charge in [0.25, 0.3) is 0 Å². The number of allylic oxidation sites excluding steroid dienone is 3. The largest absolute Gasteiger partial charge is 0.326 e. The fraction of sp³-hybridized carbons (Fsp3) is 0.222. The number of nitrogens with zero attached hydrogens (tertiary/aromatic N) is 1. The van der Waals surface area contributed by atoms with Gasteiger partial charge in [-0.25, -0.2) is 0 Å². The Morgan fingerprint density at radius 2 is 2.14 bits per heavy atom. The standard InChI is InChI=1S/C18H20N2O/c1-3-4-5-6-7-14(2)18(21)20-17-9-8-16-13-19-11-10-15(16)12-17/h4-14H,3H2,1-2H3,(H,20,21)/b5-4-,7-6-. The number of carbonyl (C=O) groups excluding carboxylic acids is 1. The molecule has 3 nitrogen and oxygen atoms in total. The first-order valence-corrected chi connectivity index (χ1v) is 7.18. The number of carbonyl (C=O) groups is 1. The van der Waals surface area contributed by atoms with Crippen molar-refractivity contribution in [3.8, 4) is 0 Å². The molecule has 0 aliphatic heterocycles. The van der Waals surface area contributed by atoms with Crippen molar-refractivity contribution in [2.75, 3.05) is 5.32 Å². The highest BCUT2D eigenvalue weighted by atomic mass is 16.1. The Hall–Kier alpha value is -2.42. The van der Waals surface area contributed by atoms with Gasteiger partial charge in [0, 0.05) is 23.5 Å². The summed E-state index contributed by atoms with van der Waals surface area (Å²) in [6, 6.07) is 7.75. The van der Waals surface area contributed by atoms with Gasteiger partial charge in [-0.05, 0) is 30.0 Å². The third-order valence-electron chi connectivity index (χ3n) is 3.20. The Bertz CT molecular complexity index is 674. The highest BCUT2D eigenvalue weighted by molar-refractivity contribution is 5.96. The Morgan fingerprint density at radius 1 is 1.29 bits per heavy atom. The molecule has 3 heteroatoms. The lowest BCUT2D eigenvalue weighted by Gasteiger charge is -2.09. The van der Waals surface area contributed by atoms with Crippen molar-refractivity contribution in [1.29, 1.82) is 0 Å². The Kier molecular flexibility index (Phi) is 5.27. The first kappa shape index (κ1) is 15.0. The molecule has 0 saturated heterocycles. The summed E-state index contributed by atoms with van der Waals surface area (Å²) < 4.78 is 0. The summed E-state index contributed by atoms with van der Waals surface area (Å²) in [5.41, 5.74) is 0.808. The minimum absolute atomic E-state index is 0.00967. The van der Waals surface area contributed by atoms with Gasteiger partial charge < -0.3 is 5.32 Å². The van der Waals surface area contributed by atoms with Gasteiger partial charge in [0.15, 0.2) is 0 Å². The first-order chi connectivity index (χ1) is 10.2. The van der Waals surface area contributed by atoms with Crippen LogP contribution in [0.15, 0.2) is 61.0 Å². The fourth-order valence-corrected chi connectivity index (χ4v) is 1.95. The molecule has 0 saturated carbocycles. The molecule has 1 N–H and O–H groups in total. The van der Waals surface area contributed by atoms with E-state index >= 15 is 0 Å². The van der Waals surface area contributed by atoms with Crippen LogP contribution in [0.2, 0.25) is 0 Å². The van der Waals surface area contributed by atoms with E-state index in [-0.39, 0.29) is 11.8 Å². The number of amides is 1. The summed E-state index contributed by atoms with van der Waals surface area (Å²) in [6.07, 6.45) is 12.4. The summed E-state index contributed by atoms with van der Waals surface area (Å²) in [7, 11) is 0. The number of anilines is 1. The zero-order valence-electron chi connectivity index (χ0n) is 12.4. The van der Waals surface area contributed by atoms with Gasteiger partial charge in [0.1, 0.15) is 0 Å². The quantitative estimate of drug-likeness (QED) is 0.828. The molecule has 0 aliphatic rings. The fourth-order valence-electron chi connectivity index (χ4n) is 1.95. The van der Waals surface area contributed by atoms with E-state index in [0.29, 0.717) is 0 Å². The van der Waals surface area contributed by atoms with Crippen LogP contribution in [0.3, 0.4) is 0 Å². The summed E-state index contributed by atoms with van der Waals surface area (Å²) in [4.78, 5) is 16.2. The molecule has 1 atom stereocenters. The van der Waals surface area contributed by atoms with Crippen molar-refractivity contribution in [2.45, 2.75) is 20.3 Å². The monoisotopic (exact) mass is 280 g/mol. The van der Waals surface area contributed by atoms with Crippen LogP contribution in [0.1, 0.15) is 20.3 Å². The molecule has 1 amide bonds. The number of fused-ring (bicyclic) bond motifs is 1. The summed E-state index contributed by atoms with van der Waals surface area (Å²) in [5.74, 6) is -0.177. The van der Waals surface area contributed by atoms with Gasteiger partial charge in [-0.15, -0.1) is 0 Å². The zero-order valence-corrected chi connectivity index (χ0v) is 12.4. The normalized spacial score (nSPS) is 13.0. The van der Waals surface area contributed by atoms with Gasteiger partial charge in [0.05, 0.1) is 5.92 Å². The second-order valence-electron chi connectivity index (χ2n) is 4.94. The zero-order chi connectivity index (χ0) is 15.1. The molecule has 2 aromatic rings. The van der Waals surface area contributed by atoms with E-state index in [4.69, 9.17) is 0 Å². The Morgan fingerprint density at radius 3 is 2.95 bits per heavy atom. The maximum Gasteiger partial charge on any atom is 0.231 e. The lowest BCUT2D eigenvalue weighted by molar-refractivity contribution is -0.118. The minimum Gasteiger partial charge on any atom is -0.326 e. The van der Waals surface area contributed by atoms with E-state index in [1.165, 1.54) is 0 Å². The predicted molar refractivity (Wildman–Crippen MR) is 88.1 cm³/mol. The van der Waals surface area contributed by atoms with Crippen molar-refractivity contribution in [2.24, 2.45) is 5.92 Å². The maximum absolute atomic E-state index is 12.1. The van der Waals surface area contributed by atoms with Crippen LogP contribution in [0.25, 0.3) is 10.8 Å². The molecule has 1 aromatic heterocycles. The number of hydrogen-bond acceptors (Lipinski definition) is 2. The van der Waals surface area contributed by atoms with E-state index in [1.54, 1.807) is 6.20 Å². The van der Waals surface area contributed by atoms with Crippen LogP contribution in [0.4, 0.5) is 5.69 Å². The molecule has 0 fully saturated rings. The molecule has 108 valence electrons. The van der Waals surface area contributed by atoms with Crippen LogP contribution < -0.4 is 5.32 Å². The third-order valence-corrected chi connectivity index (χ3v) is 3.20. The smallest absolute Gasteiger partial charge is 0.231 e. The highest BCUT2D eigenvalue weighted by Crippen LogP contribution is 2.18. The van der Waals surface area contributed by atoms with Crippen LogP contribution in [0, 0.1) is 5.92 Å². The predicted octanol–water partition coefficient (Wildman–Crippen LogP) is 4.33. The molecule has 21 heavy (non-hydrogen) atoms. The van der Waals surface area contributed by atoms with Gasteiger partial charge in [0.2, 0.25) is 5.91 Å². The number of aromatic nitrogens is 1. The number of hydrogen-bond donors (Lipinski definition) is 1. The van der Waals surface area contributed by atoms with Crippen molar-refractivity contribution in [1.82, 2.24) is 4.98 Å². The summed E-state index contributed by atoms with van der Waals surface area (Å²) in [5, 5.41) is 5.07. The first-order valence-electron chi connectivity index (χ1n) is 7.18. The van der Waals surface area contributed by atoms with Gasteiger partial charge in [-0.3, -0.25) is 9.78 Å². The number of pyridine rings is 1. The van der Waals surface area contributed by atoms with Crippen LogP contribution in [-0.2, 0) is 4.79 Å². The molecule has 2 rings (SSSR count). The van der Waals surface area contributed by atoms with Gasteiger partial charge >= 0.3 is 0 Å². The van der Waals surface area contributed by atoms with E-state index in [1.807, 2.05) is 55.6 Å². The van der Waals surface area contributed by atoms with E-state index in [0.717, 1.165) is 22.9 Å². The number of nitrogens with one attached hydrogen (secondary N) is 1. The molecule has 0 spiro atoms. The average Bonchev–Trinajstić information content (AvgIpc) is 2.51. The summed E-state index contributed by atoms with van der Waals surface area (Å²) in [6.45, 7) is 3.96. The Balaban J connectivity index is 2.03. The number of rotatable bonds is 5. The van der Waals surface area contributed by atoms with Crippen molar-refractivity contribution >= 4 is 22.4 Å². The second kappa shape index (κ2) is 7.39. The highest BCUT2D eigenvalue weighted by Gasteiger charge is 2.09. The number of benzene rings is 1. The van der Waals surface area contributed by atoms with Gasteiger partial charge in [-0.2, -0.15) is 0 Å². The lowest BCUT2D eigenvalue weighted by atomic mass is 10.1. The minimum atomic E-state index is -0.167. The molecule has 1 heterocycles. The SMILES string of the molecule is CC/C=C\C=C/C(C)C(=O)Nc1ccc2cnccc2c1. The van der Waals surface area contributed by atoms with Crippen molar-refractivity contribution < 1.29 is 4.79 Å². The van der Waals surface area contributed by atoms with E-state index in [9.17, 15) is 4.79 Å². The topological polar surface area (TPSA) is 42.0 Å². The Labute approximate surface area is 125 Å².